The van der Waals surface area contributed by atoms with Crippen molar-refractivity contribution < 1.29 is 14.3 Å². The molecule has 1 amide bonds. The molecule has 0 saturated carbocycles. The SMILES string of the molecule is COc1ccccc1Nc1nccc(C(=O)Nc2cccc(C(C)=O)c2)n1. The lowest BCUT2D eigenvalue weighted by molar-refractivity contribution is 0.100. The summed E-state index contributed by atoms with van der Waals surface area (Å²) in [7, 11) is 1.57. The predicted molar refractivity (Wildman–Crippen MR) is 103 cm³/mol. The average molecular weight is 362 g/mol. The first-order valence-corrected chi connectivity index (χ1v) is 8.22. The third-order valence-corrected chi connectivity index (χ3v) is 3.77. The van der Waals surface area contributed by atoms with Gasteiger partial charge in [0.25, 0.3) is 5.91 Å². The van der Waals surface area contributed by atoms with Gasteiger partial charge in [0.15, 0.2) is 5.78 Å². The zero-order valence-corrected chi connectivity index (χ0v) is 14.9. The Hall–Kier alpha value is -3.74. The van der Waals surface area contributed by atoms with E-state index < -0.39 is 5.91 Å². The summed E-state index contributed by atoms with van der Waals surface area (Å²) in [6, 6.07) is 15.6. The summed E-state index contributed by atoms with van der Waals surface area (Å²) >= 11 is 0. The maximum atomic E-state index is 12.5. The van der Waals surface area contributed by atoms with Gasteiger partial charge in [-0.2, -0.15) is 0 Å². The molecule has 3 aromatic rings. The first-order chi connectivity index (χ1) is 13.1. The van der Waals surface area contributed by atoms with Crippen LogP contribution >= 0.6 is 0 Å². The number of para-hydroxylation sites is 2. The first-order valence-electron chi connectivity index (χ1n) is 8.22. The average Bonchev–Trinajstić information content (AvgIpc) is 2.69. The Balaban J connectivity index is 1.78. The number of rotatable bonds is 6. The van der Waals surface area contributed by atoms with Gasteiger partial charge in [0.05, 0.1) is 12.8 Å². The smallest absolute Gasteiger partial charge is 0.274 e. The number of nitrogens with zero attached hydrogens (tertiary/aromatic N) is 2. The Labute approximate surface area is 156 Å². The van der Waals surface area contributed by atoms with Gasteiger partial charge in [0.2, 0.25) is 5.95 Å². The number of nitrogens with one attached hydrogen (secondary N) is 2. The molecule has 0 aliphatic heterocycles. The lowest BCUT2D eigenvalue weighted by atomic mass is 10.1. The van der Waals surface area contributed by atoms with Crippen LogP contribution < -0.4 is 15.4 Å². The van der Waals surface area contributed by atoms with E-state index in [1.54, 1.807) is 37.4 Å². The largest absolute Gasteiger partial charge is 0.495 e. The van der Waals surface area contributed by atoms with Crippen molar-refractivity contribution in [3.8, 4) is 5.75 Å². The second kappa shape index (κ2) is 8.09. The number of ketones is 1. The van der Waals surface area contributed by atoms with Crippen molar-refractivity contribution in [3.05, 3.63) is 72.1 Å². The van der Waals surface area contributed by atoms with Crippen LogP contribution in [0.15, 0.2) is 60.8 Å². The molecule has 2 aromatic carbocycles. The van der Waals surface area contributed by atoms with Crippen molar-refractivity contribution >= 4 is 29.0 Å². The second-order valence-corrected chi connectivity index (χ2v) is 5.68. The number of hydrogen-bond donors (Lipinski definition) is 2. The molecule has 0 unspecified atom stereocenters. The number of amides is 1. The zero-order valence-electron chi connectivity index (χ0n) is 14.9. The molecular weight excluding hydrogens is 344 g/mol. The van der Waals surface area contributed by atoms with E-state index in [-0.39, 0.29) is 17.4 Å². The molecule has 3 rings (SSSR count). The standard InChI is InChI=1S/C20H18N4O3/c1-13(25)14-6-5-7-15(12-14)22-19(26)17-10-11-21-20(24-17)23-16-8-3-4-9-18(16)27-2/h3-12H,1-2H3,(H,22,26)(H,21,23,24). The minimum atomic E-state index is -0.402. The zero-order chi connectivity index (χ0) is 19.2. The van der Waals surface area contributed by atoms with Gasteiger partial charge in [-0.25, -0.2) is 9.97 Å². The molecule has 7 heteroatoms. The van der Waals surface area contributed by atoms with Crippen molar-refractivity contribution in [2.75, 3.05) is 17.7 Å². The summed E-state index contributed by atoms with van der Waals surface area (Å²) in [5, 5.41) is 5.77. The first kappa shape index (κ1) is 18.1. The molecule has 0 saturated heterocycles. The number of carbonyl (C=O) groups is 2. The topological polar surface area (TPSA) is 93.2 Å². The van der Waals surface area contributed by atoms with Crippen molar-refractivity contribution in [3.63, 3.8) is 0 Å². The van der Waals surface area contributed by atoms with E-state index >= 15 is 0 Å². The van der Waals surface area contributed by atoms with Crippen molar-refractivity contribution in [2.45, 2.75) is 6.92 Å². The number of aromatic nitrogens is 2. The van der Waals surface area contributed by atoms with Gasteiger partial charge in [-0.3, -0.25) is 9.59 Å². The van der Waals surface area contributed by atoms with Crippen molar-refractivity contribution in [1.29, 1.82) is 0 Å². The summed E-state index contributed by atoms with van der Waals surface area (Å²) in [5.74, 6) is 0.430. The fourth-order valence-electron chi connectivity index (χ4n) is 2.42. The Bertz CT molecular complexity index is 988. The highest BCUT2D eigenvalue weighted by molar-refractivity contribution is 6.04. The molecule has 0 fully saturated rings. The van der Waals surface area contributed by atoms with Gasteiger partial charge in [0.1, 0.15) is 11.4 Å². The second-order valence-electron chi connectivity index (χ2n) is 5.68. The maximum Gasteiger partial charge on any atom is 0.274 e. The molecule has 0 atom stereocenters. The van der Waals surface area contributed by atoms with Crippen LogP contribution in [0.5, 0.6) is 5.75 Å². The molecular formula is C20H18N4O3. The highest BCUT2D eigenvalue weighted by atomic mass is 16.5. The number of ether oxygens (including phenoxy) is 1. The predicted octanol–water partition coefficient (Wildman–Crippen LogP) is 3.68. The Morgan fingerprint density at radius 3 is 2.63 bits per heavy atom. The monoisotopic (exact) mass is 362 g/mol. The molecule has 0 aliphatic rings. The Kier molecular flexibility index (Phi) is 5.41. The summed E-state index contributed by atoms with van der Waals surface area (Å²) in [4.78, 5) is 32.3. The molecule has 1 aromatic heterocycles. The van der Waals surface area contributed by atoms with Crippen LogP contribution in [0.2, 0.25) is 0 Å². The van der Waals surface area contributed by atoms with Gasteiger partial charge < -0.3 is 15.4 Å². The van der Waals surface area contributed by atoms with Crippen molar-refractivity contribution in [1.82, 2.24) is 9.97 Å². The van der Waals surface area contributed by atoms with E-state index in [4.69, 9.17) is 4.74 Å². The van der Waals surface area contributed by atoms with Gasteiger partial charge in [-0.05, 0) is 37.3 Å². The molecule has 2 N–H and O–H groups in total. The molecule has 0 spiro atoms. The number of Topliss-reactive ketones (excluding diaryl/α,β-unsaturated/α-hetero) is 1. The van der Waals surface area contributed by atoms with E-state index in [9.17, 15) is 9.59 Å². The summed E-state index contributed by atoms with van der Waals surface area (Å²) in [6.07, 6.45) is 1.49. The Morgan fingerprint density at radius 2 is 1.85 bits per heavy atom. The third kappa shape index (κ3) is 4.46. The van der Waals surface area contributed by atoms with Gasteiger partial charge in [-0.15, -0.1) is 0 Å². The number of benzene rings is 2. The number of hydrogen-bond acceptors (Lipinski definition) is 6. The molecule has 136 valence electrons. The minimum absolute atomic E-state index is 0.0728. The van der Waals surface area contributed by atoms with Crippen LogP contribution in [0.1, 0.15) is 27.8 Å². The summed E-state index contributed by atoms with van der Waals surface area (Å²) < 4.78 is 5.28. The molecule has 1 heterocycles. The van der Waals surface area contributed by atoms with Crippen molar-refractivity contribution in [2.24, 2.45) is 0 Å². The van der Waals surface area contributed by atoms with E-state index in [1.165, 1.54) is 19.2 Å². The van der Waals surface area contributed by atoms with Crippen LogP contribution in [0.25, 0.3) is 0 Å². The van der Waals surface area contributed by atoms with Crippen LogP contribution in [-0.2, 0) is 0 Å². The number of carbonyl (C=O) groups excluding carboxylic acids is 2. The Morgan fingerprint density at radius 1 is 1.04 bits per heavy atom. The van der Waals surface area contributed by atoms with Gasteiger partial charge >= 0.3 is 0 Å². The number of methoxy groups -OCH3 is 1. The highest BCUT2D eigenvalue weighted by Crippen LogP contribution is 2.25. The lowest BCUT2D eigenvalue weighted by Crippen LogP contribution is -2.15. The van der Waals surface area contributed by atoms with Gasteiger partial charge in [-0.1, -0.05) is 24.3 Å². The van der Waals surface area contributed by atoms with Crippen LogP contribution in [-0.4, -0.2) is 28.8 Å². The summed E-state index contributed by atoms with van der Waals surface area (Å²) in [6.45, 7) is 1.47. The molecule has 0 radical (unpaired) electrons. The normalized spacial score (nSPS) is 10.1. The van der Waals surface area contributed by atoms with E-state index in [2.05, 4.69) is 20.6 Å². The molecule has 7 nitrogen and oxygen atoms in total. The molecule has 0 aliphatic carbocycles. The minimum Gasteiger partial charge on any atom is -0.495 e. The van der Waals surface area contributed by atoms with Crippen LogP contribution in [0.3, 0.4) is 0 Å². The summed E-state index contributed by atoms with van der Waals surface area (Å²) in [5.41, 5.74) is 1.92. The van der Waals surface area contributed by atoms with E-state index in [0.29, 0.717) is 22.7 Å². The van der Waals surface area contributed by atoms with Gasteiger partial charge in [0, 0.05) is 17.4 Å². The fourth-order valence-corrected chi connectivity index (χ4v) is 2.42. The van der Waals surface area contributed by atoms with Crippen LogP contribution in [0.4, 0.5) is 17.3 Å². The molecule has 0 bridgehead atoms. The van der Waals surface area contributed by atoms with E-state index in [1.807, 2.05) is 18.2 Å². The fraction of sp³-hybridized carbons (Fsp3) is 0.100. The number of anilines is 3. The highest BCUT2D eigenvalue weighted by Gasteiger charge is 2.11. The quantitative estimate of drug-likeness (QED) is 0.650. The van der Waals surface area contributed by atoms with E-state index in [0.717, 1.165) is 0 Å². The third-order valence-electron chi connectivity index (χ3n) is 3.77. The molecule has 27 heavy (non-hydrogen) atoms. The van der Waals surface area contributed by atoms with Crippen LogP contribution in [0, 0.1) is 0 Å². The maximum absolute atomic E-state index is 12.5. The lowest BCUT2D eigenvalue weighted by Gasteiger charge is -2.10.